The van der Waals surface area contributed by atoms with Crippen LogP contribution in [-0.4, -0.2) is 52.9 Å². The van der Waals surface area contributed by atoms with Gasteiger partial charge in [-0.25, -0.2) is 4.79 Å². The van der Waals surface area contributed by atoms with Crippen LogP contribution < -0.4 is 5.32 Å². The Morgan fingerprint density at radius 3 is 2.33 bits per heavy atom. The molecule has 1 aliphatic heterocycles. The number of carbonyl (C=O) groups is 1. The number of carboxylic acid groups (broad SMARTS) is 1. The Morgan fingerprint density at radius 1 is 1.04 bits per heavy atom. The lowest BCUT2D eigenvalue weighted by molar-refractivity contribution is -0.0245. The highest BCUT2D eigenvalue weighted by molar-refractivity contribution is 5.87. The number of anilines is 1. The molecule has 0 spiro atoms. The Bertz CT molecular complexity index is 723. The molecule has 3 rings (SSSR count). The average Bonchev–Trinajstić information content (AvgIpc) is 2.69. The molecule has 0 atom stereocenters. The van der Waals surface area contributed by atoms with Crippen molar-refractivity contribution in [3.8, 4) is 0 Å². The Morgan fingerprint density at radius 2 is 1.70 bits per heavy atom. The predicted molar refractivity (Wildman–Crippen MR) is 107 cm³/mol. The third-order valence-electron chi connectivity index (χ3n) is 5.40. The van der Waals surface area contributed by atoms with Crippen molar-refractivity contribution in [2.45, 2.75) is 31.3 Å². The molecule has 0 saturated carbocycles. The summed E-state index contributed by atoms with van der Waals surface area (Å²) in [5, 5.41) is 23.0. The quantitative estimate of drug-likeness (QED) is 0.667. The molecule has 0 aromatic heterocycles. The zero-order valence-corrected chi connectivity index (χ0v) is 15.6. The number of likely N-dealkylation sites (tertiary alicyclic amines) is 1. The predicted octanol–water partition coefficient (Wildman–Crippen LogP) is 3.26. The molecule has 5 nitrogen and oxygen atoms in total. The first kappa shape index (κ1) is 19.4. The van der Waals surface area contributed by atoms with E-state index < -0.39 is 11.6 Å². The maximum atomic E-state index is 10.9. The van der Waals surface area contributed by atoms with E-state index in [1.54, 1.807) is 24.3 Å². The van der Waals surface area contributed by atoms with Gasteiger partial charge in [-0.1, -0.05) is 30.3 Å². The van der Waals surface area contributed by atoms with Crippen LogP contribution in [0.25, 0.3) is 0 Å². The number of aromatic carboxylic acids is 1. The molecule has 0 bridgehead atoms. The number of nitrogens with zero attached hydrogens (tertiary/aromatic N) is 1. The van der Waals surface area contributed by atoms with Gasteiger partial charge in [-0.15, -0.1) is 0 Å². The largest absolute Gasteiger partial charge is 0.478 e. The van der Waals surface area contributed by atoms with Crippen molar-refractivity contribution in [1.82, 2.24) is 4.90 Å². The van der Waals surface area contributed by atoms with Gasteiger partial charge in [0.2, 0.25) is 0 Å². The molecule has 2 aromatic carbocycles. The van der Waals surface area contributed by atoms with Crippen molar-refractivity contribution in [2.24, 2.45) is 0 Å². The molecule has 0 radical (unpaired) electrons. The standard InChI is InChI=1S/C22H28N2O3/c25-21(26)19-6-8-20(9-7-19)23-14-11-22(27)12-16-24(17-13-22)15-10-18-4-2-1-3-5-18/h1-9,23,27H,10-17H2,(H,25,26). The first-order chi connectivity index (χ1) is 13.0. The topological polar surface area (TPSA) is 72.8 Å². The second-order valence-electron chi connectivity index (χ2n) is 7.36. The zero-order chi connectivity index (χ0) is 19.1. The fourth-order valence-electron chi connectivity index (χ4n) is 3.54. The molecule has 1 saturated heterocycles. The average molecular weight is 368 g/mol. The Hall–Kier alpha value is -2.37. The highest BCUT2D eigenvalue weighted by atomic mass is 16.4. The molecule has 3 N–H and O–H groups in total. The van der Waals surface area contributed by atoms with Crippen molar-refractivity contribution in [1.29, 1.82) is 0 Å². The van der Waals surface area contributed by atoms with Crippen LogP contribution in [0.15, 0.2) is 54.6 Å². The van der Waals surface area contributed by atoms with Gasteiger partial charge < -0.3 is 20.4 Å². The van der Waals surface area contributed by atoms with Gasteiger partial charge in [0.25, 0.3) is 0 Å². The Labute approximate surface area is 160 Å². The summed E-state index contributed by atoms with van der Waals surface area (Å²) in [5.74, 6) is -0.921. The van der Waals surface area contributed by atoms with Gasteiger partial charge in [0, 0.05) is 31.9 Å². The molecule has 1 heterocycles. The number of piperidine rings is 1. The van der Waals surface area contributed by atoms with Crippen LogP contribution in [0.1, 0.15) is 35.2 Å². The lowest BCUT2D eigenvalue weighted by Crippen LogP contribution is -2.45. The van der Waals surface area contributed by atoms with Gasteiger partial charge in [0.05, 0.1) is 11.2 Å². The minimum atomic E-state index is -0.921. The second-order valence-corrected chi connectivity index (χ2v) is 7.36. The zero-order valence-electron chi connectivity index (χ0n) is 15.6. The van der Waals surface area contributed by atoms with Crippen molar-refractivity contribution in [3.05, 3.63) is 65.7 Å². The third kappa shape index (κ3) is 5.81. The number of benzene rings is 2. The van der Waals surface area contributed by atoms with Crippen LogP contribution in [0.3, 0.4) is 0 Å². The summed E-state index contributed by atoms with van der Waals surface area (Å²) in [6.45, 7) is 3.56. The van der Waals surface area contributed by atoms with E-state index in [4.69, 9.17) is 5.11 Å². The number of rotatable bonds is 8. The summed E-state index contributed by atoms with van der Waals surface area (Å²) in [4.78, 5) is 13.3. The normalized spacial score (nSPS) is 16.8. The lowest BCUT2D eigenvalue weighted by Gasteiger charge is -2.38. The maximum Gasteiger partial charge on any atom is 0.335 e. The number of hydrogen-bond donors (Lipinski definition) is 3. The van der Waals surface area contributed by atoms with E-state index in [1.807, 2.05) is 6.07 Å². The molecule has 0 amide bonds. The van der Waals surface area contributed by atoms with Crippen molar-refractivity contribution < 1.29 is 15.0 Å². The van der Waals surface area contributed by atoms with Crippen LogP contribution in [0, 0.1) is 0 Å². The number of hydrogen-bond acceptors (Lipinski definition) is 4. The SMILES string of the molecule is O=C(O)c1ccc(NCCC2(O)CCN(CCc3ccccc3)CC2)cc1. The van der Waals surface area contributed by atoms with Crippen LogP contribution in [0.5, 0.6) is 0 Å². The maximum absolute atomic E-state index is 10.9. The van der Waals surface area contributed by atoms with Crippen molar-refractivity contribution in [2.75, 3.05) is 31.5 Å². The molecule has 2 aromatic rings. The molecule has 5 heteroatoms. The first-order valence-corrected chi connectivity index (χ1v) is 9.60. The number of aliphatic hydroxyl groups is 1. The van der Waals surface area contributed by atoms with Crippen molar-refractivity contribution in [3.63, 3.8) is 0 Å². The highest BCUT2D eigenvalue weighted by Crippen LogP contribution is 2.26. The fourth-order valence-corrected chi connectivity index (χ4v) is 3.54. The monoisotopic (exact) mass is 368 g/mol. The summed E-state index contributed by atoms with van der Waals surface area (Å²) in [6.07, 6.45) is 3.33. The van der Waals surface area contributed by atoms with E-state index in [-0.39, 0.29) is 5.56 Å². The van der Waals surface area contributed by atoms with E-state index in [0.717, 1.165) is 44.6 Å². The molecule has 27 heavy (non-hydrogen) atoms. The second kappa shape index (κ2) is 9.02. The van der Waals surface area contributed by atoms with Gasteiger partial charge in [-0.2, -0.15) is 0 Å². The minimum Gasteiger partial charge on any atom is -0.478 e. The summed E-state index contributed by atoms with van der Waals surface area (Å²) in [5.41, 5.74) is 1.90. The van der Waals surface area contributed by atoms with Gasteiger partial charge >= 0.3 is 5.97 Å². The van der Waals surface area contributed by atoms with Gasteiger partial charge in [-0.05, 0) is 55.5 Å². The molecule has 1 fully saturated rings. The van der Waals surface area contributed by atoms with Crippen LogP contribution in [0.2, 0.25) is 0 Å². The summed E-state index contributed by atoms with van der Waals surface area (Å²) < 4.78 is 0. The highest BCUT2D eigenvalue weighted by Gasteiger charge is 2.31. The summed E-state index contributed by atoms with van der Waals surface area (Å²) >= 11 is 0. The third-order valence-corrected chi connectivity index (χ3v) is 5.40. The van der Waals surface area contributed by atoms with Crippen molar-refractivity contribution >= 4 is 11.7 Å². The van der Waals surface area contributed by atoms with Crippen LogP contribution in [0.4, 0.5) is 5.69 Å². The molecular formula is C22H28N2O3. The molecule has 1 aliphatic rings. The fraction of sp³-hybridized carbons (Fsp3) is 0.409. The smallest absolute Gasteiger partial charge is 0.335 e. The van der Waals surface area contributed by atoms with E-state index in [9.17, 15) is 9.90 Å². The van der Waals surface area contributed by atoms with Gasteiger partial charge in [0.1, 0.15) is 0 Å². The van der Waals surface area contributed by atoms with Gasteiger partial charge in [-0.3, -0.25) is 0 Å². The van der Waals surface area contributed by atoms with E-state index in [1.165, 1.54) is 5.56 Å². The number of carboxylic acids is 1. The van der Waals surface area contributed by atoms with E-state index in [0.29, 0.717) is 13.0 Å². The Kier molecular flexibility index (Phi) is 6.48. The van der Waals surface area contributed by atoms with Gasteiger partial charge in [0.15, 0.2) is 0 Å². The molecular weight excluding hydrogens is 340 g/mol. The van der Waals surface area contributed by atoms with Crippen LogP contribution in [-0.2, 0) is 6.42 Å². The minimum absolute atomic E-state index is 0.280. The summed E-state index contributed by atoms with van der Waals surface area (Å²) in [7, 11) is 0. The Balaban J connectivity index is 1.38. The molecule has 0 aliphatic carbocycles. The lowest BCUT2D eigenvalue weighted by atomic mass is 9.88. The van der Waals surface area contributed by atoms with Crippen LogP contribution >= 0.6 is 0 Å². The number of nitrogens with one attached hydrogen (secondary N) is 1. The summed E-state index contributed by atoms with van der Waals surface area (Å²) in [6, 6.07) is 17.2. The van der Waals surface area contributed by atoms with E-state index in [2.05, 4.69) is 34.5 Å². The first-order valence-electron chi connectivity index (χ1n) is 9.60. The van der Waals surface area contributed by atoms with E-state index >= 15 is 0 Å². The molecule has 0 unspecified atom stereocenters. The molecule has 144 valence electrons.